The highest BCUT2D eigenvalue weighted by Crippen LogP contribution is 2.29. The fourth-order valence-electron chi connectivity index (χ4n) is 2.04. The smallest absolute Gasteiger partial charge is 0.355 e. The van der Waals surface area contributed by atoms with Crippen LogP contribution >= 0.6 is 11.3 Å². The maximum atomic E-state index is 11.0. The summed E-state index contributed by atoms with van der Waals surface area (Å²) in [6.45, 7) is 1.78. The number of aromatic carboxylic acids is 1. The fraction of sp³-hybridized carbons (Fsp3) is 0.0667. The van der Waals surface area contributed by atoms with E-state index in [0.717, 1.165) is 26.2 Å². The summed E-state index contributed by atoms with van der Waals surface area (Å²) in [4.78, 5) is 16.0. The number of benzene rings is 2. The summed E-state index contributed by atoms with van der Waals surface area (Å²) in [5.74, 6) is -0.971. The fourth-order valence-corrected chi connectivity index (χ4v) is 2.94. The van der Waals surface area contributed by atoms with Crippen LogP contribution in [0.5, 0.6) is 0 Å². The van der Waals surface area contributed by atoms with Crippen LogP contribution in [0, 0.1) is 6.92 Å². The largest absolute Gasteiger partial charge is 0.476 e. The van der Waals surface area contributed by atoms with Gasteiger partial charge in [-0.05, 0) is 23.8 Å². The minimum absolute atomic E-state index is 0.146. The molecule has 0 aliphatic rings. The van der Waals surface area contributed by atoms with Crippen molar-refractivity contribution in [2.45, 2.75) is 6.92 Å². The number of carbonyl (C=O) groups is 1. The second-order valence-electron chi connectivity index (χ2n) is 4.29. The van der Waals surface area contributed by atoms with E-state index >= 15 is 0 Å². The molecule has 0 saturated heterocycles. The highest BCUT2D eigenvalue weighted by Gasteiger charge is 2.15. The lowest BCUT2D eigenvalue weighted by Gasteiger charge is -2.00. The summed E-state index contributed by atoms with van der Waals surface area (Å²) >= 11 is 1.41. The molecule has 3 rings (SSSR count). The Morgan fingerprint density at radius 2 is 1.89 bits per heavy atom. The number of rotatable bonds is 2. The maximum Gasteiger partial charge on any atom is 0.355 e. The van der Waals surface area contributed by atoms with Crippen LogP contribution in [0.25, 0.3) is 21.3 Å². The van der Waals surface area contributed by atoms with E-state index in [-0.39, 0.29) is 5.69 Å². The zero-order valence-corrected chi connectivity index (χ0v) is 11.1. The van der Waals surface area contributed by atoms with Gasteiger partial charge in [0.05, 0.1) is 0 Å². The minimum Gasteiger partial charge on any atom is -0.476 e. The first-order valence-corrected chi connectivity index (χ1v) is 6.67. The number of aromatic nitrogens is 1. The number of hydrogen-bond acceptors (Lipinski definition) is 3. The molecular formula is C15H11NO2S. The summed E-state index contributed by atoms with van der Waals surface area (Å²) in [6, 6.07) is 14.1. The van der Waals surface area contributed by atoms with E-state index in [4.69, 9.17) is 5.11 Å². The Kier molecular flexibility index (Phi) is 2.80. The van der Waals surface area contributed by atoms with Gasteiger partial charge >= 0.3 is 5.97 Å². The quantitative estimate of drug-likeness (QED) is 0.765. The molecule has 0 bridgehead atoms. The Morgan fingerprint density at radius 1 is 1.16 bits per heavy atom. The van der Waals surface area contributed by atoms with Crippen molar-refractivity contribution in [3.05, 3.63) is 53.0 Å². The van der Waals surface area contributed by atoms with E-state index in [1.54, 1.807) is 6.92 Å². The van der Waals surface area contributed by atoms with Crippen LogP contribution < -0.4 is 0 Å². The first kappa shape index (κ1) is 11.9. The monoisotopic (exact) mass is 269 g/mol. The molecule has 0 unspecified atom stereocenters. The number of aryl methyl sites for hydroxylation is 1. The van der Waals surface area contributed by atoms with E-state index in [1.807, 2.05) is 36.4 Å². The molecule has 0 spiro atoms. The molecule has 1 heterocycles. The van der Waals surface area contributed by atoms with Gasteiger partial charge in [0.2, 0.25) is 0 Å². The van der Waals surface area contributed by atoms with Crippen molar-refractivity contribution in [1.29, 1.82) is 0 Å². The highest BCUT2D eigenvalue weighted by atomic mass is 32.1. The molecule has 0 fully saturated rings. The molecule has 0 saturated carbocycles. The zero-order chi connectivity index (χ0) is 13.4. The summed E-state index contributed by atoms with van der Waals surface area (Å²) in [7, 11) is 0. The molecule has 1 aromatic heterocycles. The number of thiazole rings is 1. The number of fused-ring (bicyclic) bond motifs is 1. The van der Waals surface area contributed by atoms with Crippen molar-refractivity contribution in [3.8, 4) is 10.6 Å². The minimum atomic E-state index is -0.971. The number of carboxylic acids is 1. The zero-order valence-electron chi connectivity index (χ0n) is 10.3. The van der Waals surface area contributed by atoms with Gasteiger partial charge in [0.25, 0.3) is 0 Å². The van der Waals surface area contributed by atoms with Crippen LogP contribution in [0.4, 0.5) is 0 Å². The average molecular weight is 269 g/mol. The van der Waals surface area contributed by atoms with Gasteiger partial charge in [0.15, 0.2) is 5.69 Å². The molecular weight excluding hydrogens is 258 g/mol. The Hall–Kier alpha value is -2.20. The average Bonchev–Trinajstić information content (AvgIpc) is 2.80. The molecule has 19 heavy (non-hydrogen) atoms. The molecule has 0 atom stereocenters. The topological polar surface area (TPSA) is 50.2 Å². The molecule has 0 radical (unpaired) electrons. The predicted molar refractivity (Wildman–Crippen MR) is 76.8 cm³/mol. The van der Waals surface area contributed by atoms with Gasteiger partial charge < -0.3 is 5.11 Å². The van der Waals surface area contributed by atoms with E-state index < -0.39 is 5.97 Å². The van der Waals surface area contributed by atoms with E-state index in [2.05, 4.69) is 11.1 Å². The van der Waals surface area contributed by atoms with Crippen LogP contribution in [0.2, 0.25) is 0 Å². The lowest BCUT2D eigenvalue weighted by Crippen LogP contribution is -1.98. The van der Waals surface area contributed by atoms with E-state index in [1.165, 1.54) is 11.3 Å². The van der Waals surface area contributed by atoms with Gasteiger partial charge in [0, 0.05) is 10.4 Å². The summed E-state index contributed by atoms with van der Waals surface area (Å²) in [5.41, 5.74) is 1.10. The van der Waals surface area contributed by atoms with Crippen molar-refractivity contribution in [2.75, 3.05) is 0 Å². The molecule has 0 aliphatic heterocycles. The lowest BCUT2D eigenvalue weighted by molar-refractivity contribution is 0.0690. The predicted octanol–water partition coefficient (Wildman–Crippen LogP) is 3.97. The highest BCUT2D eigenvalue weighted by molar-refractivity contribution is 7.15. The van der Waals surface area contributed by atoms with Crippen LogP contribution in [-0.2, 0) is 0 Å². The third-order valence-corrected chi connectivity index (χ3v) is 4.02. The SMILES string of the molecule is Cc1sc(-c2ccc3ccccc3c2)nc1C(=O)O. The molecule has 94 valence electrons. The van der Waals surface area contributed by atoms with E-state index in [9.17, 15) is 4.79 Å². The van der Waals surface area contributed by atoms with Gasteiger partial charge in [-0.25, -0.2) is 9.78 Å². The van der Waals surface area contributed by atoms with Crippen molar-refractivity contribution in [2.24, 2.45) is 0 Å². The summed E-state index contributed by atoms with van der Waals surface area (Å²) in [5, 5.41) is 12.1. The lowest BCUT2D eigenvalue weighted by atomic mass is 10.1. The van der Waals surface area contributed by atoms with Gasteiger partial charge in [-0.2, -0.15) is 0 Å². The number of nitrogens with zero attached hydrogens (tertiary/aromatic N) is 1. The van der Waals surface area contributed by atoms with Crippen molar-refractivity contribution in [1.82, 2.24) is 4.98 Å². The summed E-state index contributed by atoms with van der Waals surface area (Å²) in [6.07, 6.45) is 0. The van der Waals surface area contributed by atoms with Crippen molar-refractivity contribution in [3.63, 3.8) is 0 Å². The van der Waals surface area contributed by atoms with E-state index in [0.29, 0.717) is 0 Å². The van der Waals surface area contributed by atoms with Crippen molar-refractivity contribution < 1.29 is 9.90 Å². The normalized spacial score (nSPS) is 10.8. The van der Waals surface area contributed by atoms with Gasteiger partial charge in [-0.15, -0.1) is 11.3 Å². The van der Waals surface area contributed by atoms with Gasteiger partial charge in [-0.1, -0.05) is 36.4 Å². The standard InChI is InChI=1S/C15H11NO2S/c1-9-13(15(17)18)16-14(19-9)12-7-6-10-4-2-3-5-11(10)8-12/h2-8H,1H3,(H,17,18). The van der Waals surface area contributed by atoms with Gasteiger partial charge in [-0.3, -0.25) is 0 Å². The molecule has 1 N–H and O–H groups in total. The third kappa shape index (κ3) is 2.11. The van der Waals surface area contributed by atoms with Crippen LogP contribution in [-0.4, -0.2) is 16.1 Å². The Balaban J connectivity index is 2.13. The molecule has 3 aromatic rings. The Labute approximate surface area is 114 Å². The second kappa shape index (κ2) is 4.48. The van der Waals surface area contributed by atoms with Crippen LogP contribution in [0.3, 0.4) is 0 Å². The molecule has 2 aromatic carbocycles. The molecule has 3 nitrogen and oxygen atoms in total. The third-order valence-electron chi connectivity index (χ3n) is 3.00. The first-order chi connectivity index (χ1) is 9.15. The number of carboxylic acid groups (broad SMARTS) is 1. The Bertz CT molecular complexity index is 777. The van der Waals surface area contributed by atoms with Crippen LogP contribution in [0.1, 0.15) is 15.4 Å². The Morgan fingerprint density at radius 3 is 2.58 bits per heavy atom. The van der Waals surface area contributed by atoms with Crippen molar-refractivity contribution >= 4 is 28.1 Å². The first-order valence-electron chi connectivity index (χ1n) is 5.85. The number of hydrogen-bond donors (Lipinski definition) is 1. The van der Waals surface area contributed by atoms with Gasteiger partial charge in [0.1, 0.15) is 5.01 Å². The molecule has 0 amide bonds. The molecule has 0 aliphatic carbocycles. The molecule has 4 heteroatoms. The van der Waals surface area contributed by atoms with Crippen LogP contribution in [0.15, 0.2) is 42.5 Å². The maximum absolute atomic E-state index is 11.0. The summed E-state index contributed by atoms with van der Waals surface area (Å²) < 4.78 is 0. The second-order valence-corrected chi connectivity index (χ2v) is 5.49.